The average molecular weight is 271 g/mol. The van der Waals surface area contributed by atoms with E-state index in [-0.39, 0.29) is 5.56 Å². The molecule has 1 aliphatic rings. The first-order valence-corrected chi connectivity index (χ1v) is 7.30. The minimum absolute atomic E-state index is 0.145. The van der Waals surface area contributed by atoms with Crippen molar-refractivity contribution in [2.45, 2.75) is 13.0 Å². The van der Waals surface area contributed by atoms with Crippen LogP contribution in [0.1, 0.15) is 5.56 Å². The molecule has 0 N–H and O–H groups in total. The number of pyridine rings is 1. The normalized spacial score (nSPS) is 13.5. The van der Waals surface area contributed by atoms with E-state index in [1.54, 1.807) is 0 Å². The van der Waals surface area contributed by atoms with Gasteiger partial charge in [0, 0.05) is 17.3 Å². The summed E-state index contributed by atoms with van der Waals surface area (Å²) in [5.74, 6) is 0. The van der Waals surface area contributed by atoms with Crippen molar-refractivity contribution in [3.05, 3.63) is 70.5 Å². The van der Waals surface area contributed by atoms with Gasteiger partial charge in [0.2, 0.25) is 0 Å². The van der Waals surface area contributed by atoms with Gasteiger partial charge in [-0.3, -0.25) is 4.79 Å². The summed E-state index contributed by atoms with van der Waals surface area (Å²) in [6.07, 6.45) is 0.951. The molecular weight excluding hydrogens is 258 g/mol. The molecule has 0 unspecified atom stereocenters. The summed E-state index contributed by atoms with van der Waals surface area (Å²) < 4.78 is 1.96. The van der Waals surface area contributed by atoms with Crippen LogP contribution in [0.2, 0.25) is 0 Å². The molecule has 0 aliphatic carbocycles. The minimum Gasteiger partial charge on any atom is -0.307 e. The summed E-state index contributed by atoms with van der Waals surface area (Å²) in [6.45, 7) is 0.797. The van der Waals surface area contributed by atoms with Crippen molar-refractivity contribution >= 4 is 32.4 Å². The standard InChI is InChI=1S/C19H13NO/c21-19-16-8-4-3-7-15(16)17-14-6-2-1-5-12(14)11-13-9-10-20(19)18(13)17/h1-8,11H,9-10H2. The van der Waals surface area contributed by atoms with Crippen LogP contribution >= 0.6 is 0 Å². The molecule has 0 amide bonds. The Morgan fingerprint density at radius 1 is 0.857 bits per heavy atom. The van der Waals surface area contributed by atoms with Crippen molar-refractivity contribution in [2.75, 3.05) is 0 Å². The predicted octanol–water partition coefficient (Wildman–Crippen LogP) is 3.86. The maximum Gasteiger partial charge on any atom is 0.258 e. The molecule has 2 heterocycles. The summed E-state index contributed by atoms with van der Waals surface area (Å²) in [4.78, 5) is 12.7. The van der Waals surface area contributed by atoms with Crippen LogP contribution in [0, 0.1) is 0 Å². The number of benzene rings is 3. The molecule has 2 nitrogen and oxygen atoms in total. The lowest BCUT2D eigenvalue weighted by Crippen LogP contribution is -2.18. The fourth-order valence-corrected chi connectivity index (χ4v) is 3.75. The molecule has 0 atom stereocenters. The zero-order valence-electron chi connectivity index (χ0n) is 11.5. The lowest BCUT2D eigenvalue weighted by atomic mass is 9.97. The molecule has 21 heavy (non-hydrogen) atoms. The highest BCUT2D eigenvalue weighted by Gasteiger charge is 2.20. The van der Waals surface area contributed by atoms with Gasteiger partial charge in [-0.1, -0.05) is 42.5 Å². The smallest absolute Gasteiger partial charge is 0.258 e. The predicted molar refractivity (Wildman–Crippen MR) is 86.9 cm³/mol. The van der Waals surface area contributed by atoms with Crippen molar-refractivity contribution in [3.8, 4) is 0 Å². The number of hydrogen-bond acceptors (Lipinski definition) is 1. The molecule has 3 aromatic carbocycles. The average Bonchev–Trinajstić information content (AvgIpc) is 2.95. The van der Waals surface area contributed by atoms with Gasteiger partial charge in [-0.05, 0) is 40.3 Å². The summed E-state index contributed by atoms with van der Waals surface area (Å²) in [5.41, 5.74) is 2.58. The number of hydrogen-bond donors (Lipinski definition) is 0. The maximum absolute atomic E-state index is 12.7. The Labute approximate surface area is 121 Å². The highest BCUT2D eigenvalue weighted by atomic mass is 16.1. The van der Waals surface area contributed by atoms with Crippen LogP contribution in [-0.4, -0.2) is 4.57 Å². The second kappa shape index (κ2) is 3.73. The Balaban J connectivity index is 2.25. The Morgan fingerprint density at radius 3 is 2.43 bits per heavy atom. The van der Waals surface area contributed by atoms with E-state index in [4.69, 9.17) is 0 Å². The van der Waals surface area contributed by atoms with Gasteiger partial charge < -0.3 is 4.57 Å². The quantitative estimate of drug-likeness (QED) is 0.445. The number of fused-ring (bicyclic) bond motifs is 4. The van der Waals surface area contributed by atoms with Crippen molar-refractivity contribution in [2.24, 2.45) is 0 Å². The fraction of sp³-hybridized carbons (Fsp3) is 0.105. The van der Waals surface area contributed by atoms with E-state index < -0.39 is 0 Å². The largest absolute Gasteiger partial charge is 0.307 e. The van der Waals surface area contributed by atoms with Gasteiger partial charge in [0.25, 0.3) is 5.56 Å². The summed E-state index contributed by atoms with van der Waals surface area (Å²) in [6, 6.07) is 18.7. The van der Waals surface area contributed by atoms with Gasteiger partial charge in [0.05, 0.1) is 5.52 Å². The van der Waals surface area contributed by atoms with E-state index >= 15 is 0 Å². The van der Waals surface area contributed by atoms with E-state index in [9.17, 15) is 4.79 Å². The van der Waals surface area contributed by atoms with Crippen LogP contribution < -0.4 is 5.56 Å². The fourth-order valence-electron chi connectivity index (χ4n) is 3.75. The van der Waals surface area contributed by atoms with E-state index in [1.807, 2.05) is 22.8 Å². The molecule has 0 bridgehead atoms. The molecule has 2 heteroatoms. The molecule has 0 radical (unpaired) electrons. The molecule has 0 spiro atoms. The first-order valence-electron chi connectivity index (χ1n) is 7.30. The van der Waals surface area contributed by atoms with Crippen molar-refractivity contribution in [1.29, 1.82) is 0 Å². The van der Waals surface area contributed by atoms with Crippen LogP contribution in [0.15, 0.2) is 59.4 Å². The van der Waals surface area contributed by atoms with E-state index in [0.29, 0.717) is 0 Å². The molecule has 4 aromatic rings. The molecule has 1 aromatic heterocycles. The minimum atomic E-state index is 0.145. The third-order valence-electron chi connectivity index (χ3n) is 4.65. The molecule has 5 rings (SSSR count). The van der Waals surface area contributed by atoms with Crippen molar-refractivity contribution < 1.29 is 0 Å². The van der Waals surface area contributed by atoms with Crippen molar-refractivity contribution in [3.63, 3.8) is 0 Å². The summed E-state index contributed by atoms with van der Waals surface area (Å²) >= 11 is 0. The zero-order chi connectivity index (χ0) is 14.0. The van der Waals surface area contributed by atoms with E-state index in [1.165, 1.54) is 21.7 Å². The van der Waals surface area contributed by atoms with Gasteiger partial charge in [-0.2, -0.15) is 0 Å². The van der Waals surface area contributed by atoms with Gasteiger partial charge in [0.1, 0.15) is 0 Å². The molecule has 0 saturated heterocycles. The second-order valence-corrected chi connectivity index (χ2v) is 5.73. The molecule has 0 saturated carbocycles. The highest BCUT2D eigenvalue weighted by Crippen LogP contribution is 2.35. The van der Waals surface area contributed by atoms with E-state index in [2.05, 4.69) is 36.4 Å². The van der Waals surface area contributed by atoms with Gasteiger partial charge in [0.15, 0.2) is 0 Å². The number of aryl methyl sites for hydroxylation is 2. The monoisotopic (exact) mass is 271 g/mol. The van der Waals surface area contributed by atoms with E-state index in [0.717, 1.165) is 29.3 Å². The number of nitrogens with zero attached hydrogens (tertiary/aromatic N) is 1. The first-order chi connectivity index (χ1) is 10.3. The number of rotatable bonds is 0. The lowest BCUT2D eigenvalue weighted by Gasteiger charge is -2.11. The molecular formula is C19H13NO. The Bertz CT molecular complexity index is 1110. The van der Waals surface area contributed by atoms with Gasteiger partial charge >= 0.3 is 0 Å². The van der Waals surface area contributed by atoms with Crippen LogP contribution in [0.5, 0.6) is 0 Å². The van der Waals surface area contributed by atoms with Crippen LogP contribution in [0.25, 0.3) is 32.4 Å². The molecule has 1 aliphatic heterocycles. The highest BCUT2D eigenvalue weighted by molar-refractivity contribution is 6.20. The summed E-state index contributed by atoms with van der Waals surface area (Å²) in [7, 11) is 0. The lowest BCUT2D eigenvalue weighted by molar-refractivity contribution is 0.747. The molecule has 100 valence electrons. The topological polar surface area (TPSA) is 22.0 Å². The second-order valence-electron chi connectivity index (χ2n) is 5.73. The zero-order valence-corrected chi connectivity index (χ0v) is 11.5. The SMILES string of the molecule is O=c1c2ccccc2c2c3ccccc3cc3c2n1CC3. The van der Waals surface area contributed by atoms with Crippen LogP contribution in [-0.2, 0) is 13.0 Å². The Morgan fingerprint density at radius 2 is 1.57 bits per heavy atom. The number of aromatic nitrogens is 1. The Hall–Kier alpha value is -2.61. The van der Waals surface area contributed by atoms with Gasteiger partial charge in [-0.25, -0.2) is 0 Å². The third kappa shape index (κ3) is 1.30. The van der Waals surface area contributed by atoms with Crippen LogP contribution in [0.3, 0.4) is 0 Å². The third-order valence-corrected chi connectivity index (χ3v) is 4.65. The molecule has 0 fully saturated rings. The van der Waals surface area contributed by atoms with Gasteiger partial charge in [-0.15, -0.1) is 0 Å². The maximum atomic E-state index is 12.7. The first kappa shape index (κ1) is 11.1. The van der Waals surface area contributed by atoms with Crippen molar-refractivity contribution in [1.82, 2.24) is 4.57 Å². The summed E-state index contributed by atoms with van der Waals surface area (Å²) in [5, 5.41) is 5.64. The van der Waals surface area contributed by atoms with Crippen LogP contribution in [0.4, 0.5) is 0 Å². The Kier molecular flexibility index (Phi) is 1.97.